The van der Waals surface area contributed by atoms with Crippen molar-refractivity contribution in [3.05, 3.63) is 11.6 Å². The van der Waals surface area contributed by atoms with E-state index in [1.54, 1.807) is 0 Å². The van der Waals surface area contributed by atoms with Crippen LogP contribution < -0.4 is 0 Å². The van der Waals surface area contributed by atoms with Crippen molar-refractivity contribution >= 4 is 17.7 Å². The van der Waals surface area contributed by atoms with Gasteiger partial charge in [-0.2, -0.15) is 0 Å². The molecule has 4 saturated carbocycles. The Balaban J connectivity index is 0.793. The second kappa shape index (κ2) is 36.4. The molecule has 0 spiro atoms. The monoisotopic (exact) mass is 1590 g/mol. The van der Waals surface area contributed by atoms with E-state index in [9.17, 15) is 96.4 Å². The van der Waals surface area contributed by atoms with Crippen molar-refractivity contribution in [2.45, 2.75) is 355 Å². The zero-order chi connectivity index (χ0) is 80.7. The van der Waals surface area contributed by atoms with Crippen LogP contribution in [0.25, 0.3) is 0 Å². The molecule has 33 heteroatoms. The summed E-state index contributed by atoms with van der Waals surface area (Å²) in [7, 11) is 0. The second-order valence-electron chi connectivity index (χ2n) is 35.8. The smallest absolute Gasteiger partial charge is 0.315 e. The molecule has 10 fully saturated rings. The van der Waals surface area contributed by atoms with Crippen molar-refractivity contribution in [2.75, 3.05) is 52.9 Å². The SMILES string of the molecule is CC1OC(OC2C(OC(=O)C34CCC(C)(C)CC3C3=CCC5C6(C)CC(O)C(OC7OC(CO)C(O)C(O)C7O)C(C)(CO)C6CCC5(C)C3(C)CC4)OCC(OC(=O)CCCCCCCC(=O)CCCCCCCOC3OCC(O)C(O)C3O)C2OC2OCC(O)(CO)C2O)C(O)C(O)C1OC1OCC(O)C(O)C1O. The molecule has 33 nitrogen and oxygen atoms in total. The number of fused-ring (bicyclic) bond motifs is 7. The van der Waals surface area contributed by atoms with Gasteiger partial charge >= 0.3 is 11.9 Å². The number of allylic oxidation sites excluding steroid dienone is 2. The van der Waals surface area contributed by atoms with Crippen LogP contribution in [0.3, 0.4) is 0 Å². The number of hydrogen-bond acceptors (Lipinski definition) is 33. The van der Waals surface area contributed by atoms with Gasteiger partial charge in [0, 0.05) is 31.3 Å². The Morgan fingerprint density at radius 3 is 1.74 bits per heavy atom. The fourth-order valence-corrected chi connectivity index (χ4v) is 20.9. The Morgan fingerprint density at radius 1 is 0.514 bits per heavy atom. The number of ether oxygens (including phenoxy) is 13. The largest absolute Gasteiger partial charge is 0.457 e. The lowest BCUT2D eigenvalue weighted by molar-refractivity contribution is -0.376. The molecule has 0 bridgehead atoms. The predicted octanol–water partition coefficient (Wildman–Crippen LogP) is -0.674. The second-order valence-corrected chi connectivity index (χ2v) is 35.8. The van der Waals surface area contributed by atoms with E-state index in [2.05, 4.69) is 40.7 Å². The molecule has 6 aliphatic heterocycles. The molecule has 0 aromatic carbocycles. The van der Waals surface area contributed by atoms with Gasteiger partial charge < -0.3 is 148 Å². The predicted molar refractivity (Wildman–Crippen MR) is 381 cm³/mol. The van der Waals surface area contributed by atoms with E-state index in [1.807, 2.05) is 6.92 Å². The highest BCUT2D eigenvalue weighted by Gasteiger charge is 2.72. The third kappa shape index (κ3) is 17.9. The van der Waals surface area contributed by atoms with Gasteiger partial charge in [0.05, 0.1) is 70.0 Å². The van der Waals surface area contributed by atoms with Crippen LogP contribution in [0.4, 0.5) is 0 Å². The molecule has 35 unspecified atom stereocenters. The lowest BCUT2D eigenvalue weighted by Crippen LogP contribution is -2.69. The minimum absolute atomic E-state index is 0.0926. The van der Waals surface area contributed by atoms with E-state index in [0.29, 0.717) is 103 Å². The summed E-state index contributed by atoms with van der Waals surface area (Å²) in [6.07, 6.45) is -26.4. The molecular weight excluding hydrogens is 1460 g/mol. The third-order valence-corrected chi connectivity index (χ3v) is 28.0. The number of ketones is 1. The van der Waals surface area contributed by atoms with E-state index >= 15 is 4.79 Å². The van der Waals surface area contributed by atoms with Crippen molar-refractivity contribution in [1.29, 1.82) is 0 Å². The van der Waals surface area contributed by atoms with Crippen molar-refractivity contribution in [3.8, 4) is 0 Å². The number of aliphatic hydroxyl groups excluding tert-OH is 16. The first-order chi connectivity index (χ1) is 52.5. The zero-order valence-electron chi connectivity index (χ0n) is 65.2. The van der Waals surface area contributed by atoms with Crippen LogP contribution in [0.15, 0.2) is 11.6 Å². The topological polar surface area (TPSA) is 515 Å². The summed E-state index contributed by atoms with van der Waals surface area (Å²) >= 11 is 0. The van der Waals surface area contributed by atoms with Gasteiger partial charge in [-0.15, -0.1) is 0 Å². The number of Topliss-reactive ketones (excluding diaryl/α,β-unsaturated/α-hetero) is 1. The lowest BCUT2D eigenvalue weighted by Gasteiger charge is -2.72. The fraction of sp³-hybridized carbons (Fsp3) is 0.936. The highest BCUT2D eigenvalue weighted by atomic mass is 16.8. The van der Waals surface area contributed by atoms with Gasteiger partial charge in [-0.05, 0) is 130 Å². The molecule has 5 aliphatic carbocycles. The first-order valence-corrected chi connectivity index (χ1v) is 40.5. The maximum atomic E-state index is 16.2. The van der Waals surface area contributed by atoms with Crippen LogP contribution in [0.2, 0.25) is 0 Å². The normalized spacial score (nSPS) is 47.7. The fourth-order valence-electron chi connectivity index (χ4n) is 20.9. The lowest BCUT2D eigenvalue weighted by atomic mass is 9.33. The molecule has 111 heavy (non-hydrogen) atoms. The molecule has 0 aromatic heterocycles. The van der Waals surface area contributed by atoms with Gasteiger partial charge in [-0.25, -0.2) is 0 Å². The minimum Gasteiger partial charge on any atom is -0.457 e. The van der Waals surface area contributed by atoms with E-state index in [0.717, 1.165) is 37.7 Å². The van der Waals surface area contributed by atoms with Crippen LogP contribution in [0.5, 0.6) is 0 Å². The van der Waals surface area contributed by atoms with Crippen LogP contribution in [0, 0.1) is 50.2 Å². The summed E-state index contributed by atoms with van der Waals surface area (Å²) in [6.45, 7) is 10.8. The average Bonchev–Trinajstić information content (AvgIpc) is 0.866. The van der Waals surface area contributed by atoms with Gasteiger partial charge in [0.25, 0.3) is 0 Å². The summed E-state index contributed by atoms with van der Waals surface area (Å²) in [5, 5.41) is 184. The Labute approximate surface area is 648 Å². The molecule has 0 radical (unpaired) electrons. The summed E-state index contributed by atoms with van der Waals surface area (Å²) in [4.78, 5) is 43.2. The first kappa shape index (κ1) is 89.0. The maximum Gasteiger partial charge on any atom is 0.315 e. The Morgan fingerprint density at radius 2 is 1.09 bits per heavy atom. The van der Waals surface area contributed by atoms with Gasteiger partial charge in [0.2, 0.25) is 6.29 Å². The van der Waals surface area contributed by atoms with E-state index in [1.165, 1.54) is 6.92 Å². The van der Waals surface area contributed by atoms with Gasteiger partial charge in [0.1, 0.15) is 103 Å². The molecule has 11 rings (SSSR count). The number of esters is 2. The summed E-state index contributed by atoms with van der Waals surface area (Å²) in [5.74, 6) is -2.02. The van der Waals surface area contributed by atoms with Crippen molar-refractivity contribution in [1.82, 2.24) is 0 Å². The summed E-state index contributed by atoms with van der Waals surface area (Å²) in [5.41, 5.74) is -5.46. The minimum atomic E-state index is -2.24. The van der Waals surface area contributed by atoms with E-state index in [4.69, 9.17) is 61.6 Å². The van der Waals surface area contributed by atoms with Crippen LogP contribution in [-0.4, -0.2) is 323 Å². The van der Waals surface area contributed by atoms with E-state index in [-0.39, 0.29) is 42.5 Å². The molecule has 638 valence electrons. The molecule has 35 atom stereocenters. The van der Waals surface area contributed by atoms with E-state index < -0.39 is 250 Å². The molecule has 6 heterocycles. The standard InChI is InChI=1S/C78H128O33/c1-39-60(107-66-57(93)52(88)45(85)34-101-66)55(91)59(95)67(104-39)109-62-61(108-70-63(96)78(98,37-81)38-103-70)47(105-50(86)20-16-12-8-10-14-18-40(82)19-15-11-9-13-17-29-99-65-56(92)51(87)44(84)33-100-65)35-102-69(62)111-71(97)77-27-25-72(2,3)30-42(77)41-21-22-49-73(4)31-43(83)64(110-68-58(94)54(90)53(89)46(32-79)106-68)74(5,36-80)48(73)23-24-76(49,7)75(41,6)26-28-77/h21,39,42-49,51-70,79-81,83-85,87-96,98H,8-20,22-38H2,1-7H3. The Kier molecular flexibility index (Phi) is 29.2. The number of carbonyl (C=O) groups excluding carboxylic acids is 3. The Hall–Kier alpha value is -2.77. The number of carbonyl (C=O) groups is 3. The molecule has 17 N–H and O–H groups in total. The first-order valence-electron chi connectivity index (χ1n) is 40.5. The summed E-state index contributed by atoms with van der Waals surface area (Å²) < 4.78 is 79.0. The third-order valence-electron chi connectivity index (χ3n) is 28.0. The quantitative estimate of drug-likeness (QED) is 0.0177. The van der Waals surface area contributed by atoms with Crippen molar-refractivity contribution in [3.63, 3.8) is 0 Å². The number of unbranched alkanes of at least 4 members (excludes halogenated alkanes) is 8. The number of aliphatic hydroxyl groups is 17. The molecule has 6 saturated heterocycles. The van der Waals surface area contributed by atoms with Crippen molar-refractivity contribution < 1.29 is 163 Å². The van der Waals surface area contributed by atoms with Crippen LogP contribution >= 0.6 is 0 Å². The van der Waals surface area contributed by atoms with Gasteiger partial charge in [-0.3, -0.25) is 14.4 Å². The average molecular weight is 1590 g/mol. The Bertz CT molecular complexity index is 3090. The maximum absolute atomic E-state index is 16.2. The molecule has 0 amide bonds. The van der Waals surface area contributed by atoms with Gasteiger partial charge in [-0.1, -0.05) is 91.7 Å². The molecule has 0 aromatic rings. The highest BCUT2D eigenvalue weighted by Crippen LogP contribution is 2.76. The molecule has 11 aliphatic rings. The summed E-state index contributed by atoms with van der Waals surface area (Å²) in [6, 6.07) is 0. The van der Waals surface area contributed by atoms with Crippen LogP contribution in [-0.2, 0) is 76.0 Å². The zero-order valence-corrected chi connectivity index (χ0v) is 65.2. The highest BCUT2D eigenvalue weighted by molar-refractivity contribution is 5.79. The van der Waals surface area contributed by atoms with Crippen LogP contribution in [0.1, 0.15) is 190 Å². The number of hydrogen-bond donors (Lipinski definition) is 17. The van der Waals surface area contributed by atoms with Gasteiger partial charge in [0.15, 0.2) is 43.7 Å². The molecular formula is C78H128O33. The van der Waals surface area contributed by atoms with Crippen molar-refractivity contribution in [2.24, 2.45) is 50.2 Å². The number of rotatable bonds is 31.